The minimum Gasteiger partial charge on any atom is -0.483 e. The molecule has 0 radical (unpaired) electrons. The molecular formula is C27H32N2O3. The fourth-order valence-corrected chi connectivity index (χ4v) is 3.57. The maximum atomic E-state index is 13.3. The average Bonchev–Trinajstić information content (AvgIpc) is 2.75. The second-order valence-electron chi connectivity index (χ2n) is 9.13. The van der Waals surface area contributed by atoms with E-state index in [0.717, 1.165) is 21.9 Å². The summed E-state index contributed by atoms with van der Waals surface area (Å²) in [6, 6.07) is 20.9. The maximum Gasteiger partial charge on any atom is 0.261 e. The summed E-state index contributed by atoms with van der Waals surface area (Å²) in [5, 5.41) is 4.98. The Hall–Kier alpha value is -3.34. The highest BCUT2D eigenvalue weighted by Gasteiger charge is 2.29. The normalized spacial score (nSPS) is 12.3. The Morgan fingerprint density at radius 1 is 0.969 bits per heavy atom. The van der Waals surface area contributed by atoms with Crippen LogP contribution in [0.4, 0.5) is 0 Å². The predicted molar refractivity (Wildman–Crippen MR) is 129 cm³/mol. The quantitative estimate of drug-likeness (QED) is 0.580. The zero-order valence-electron chi connectivity index (χ0n) is 19.5. The van der Waals surface area contributed by atoms with Gasteiger partial charge in [-0.25, -0.2) is 0 Å². The van der Waals surface area contributed by atoms with Gasteiger partial charge in [0.15, 0.2) is 6.61 Å². The SMILES string of the molecule is Cc1ccccc1CN(C(=O)COc1cccc2ccccc12)[C@H](C)C(=O)NC(C)(C)C. The summed E-state index contributed by atoms with van der Waals surface area (Å²) < 4.78 is 5.94. The largest absolute Gasteiger partial charge is 0.483 e. The topological polar surface area (TPSA) is 58.6 Å². The number of amides is 2. The summed E-state index contributed by atoms with van der Waals surface area (Å²) >= 11 is 0. The van der Waals surface area contributed by atoms with Crippen molar-refractivity contribution in [2.24, 2.45) is 0 Å². The van der Waals surface area contributed by atoms with Gasteiger partial charge < -0.3 is 15.0 Å². The van der Waals surface area contributed by atoms with Gasteiger partial charge in [0.05, 0.1) is 0 Å². The number of nitrogens with one attached hydrogen (secondary N) is 1. The second kappa shape index (κ2) is 9.86. The molecule has 0 saturated heterocycles. The monoisotopic (exact) mass is 432 g/mol. The van der Waals surface area contributed by atoms with E-state index in [1.54, 1.807) is 11.8 Å². The van der Waals surface area contributed by atoms with Crippen LogP contribution in [0.25, 0.3) is 10.8 Å². The number of carbonyl (C=O) groups is 2. The van der Waals surface area contributed by atoms with Gasteiger partial charge in [-0.1, -0.05) is 60.7 Å². The van der Waals surface area contributed by atoms with E-state index in [-0.39, 0.29) is 24.0 Å². The van der Waals surface area contributed by atoms with Gasteiger partial charge in [-0.2, -0.15) is 0 Å². The Labute approximate surface area is 190 Å². The van der Waals surface area contributed by atoms with Crippen LogP contribution in [-0.2, 0) is 16.1 Å². The van der Waals surface area contributed by atoms with Crippen LogP contribution < -0.4 is 10.1 Å². The molecule has 0 heterocycles. The number of fused-ring (bicyclic) bond motifs is 1. The highest BCUT2D eigenvalue weighted by atomic mass is 16.5. The Bertz CT molecular complexity index is 1100. The molecule has 0 spiro atoms. The number of carbonyl (C=O) groups excluding carboxylic acids is 2. The van der Waals surface area contributed by atoms with Crippen molar-refractivity contribution in [1.82, 2.24) is 10.2 Å². The molecule has 1 atom stereocenters. The standard InChI is InChI=1S/C27H32N2O3/c1-19-11-6-7-13-22(19)17-29(20(2)26(31)28-27(3,4)5)25(30)18-32-24-16-10-14-21-12-8-9-15-23(21)24/h6-16,20H,17-18H2,1-5H3,(H,28,31)/t20-/m1/s1. The molecule has 1 N–H and O–H groups in total. The van der Waals surface area contributed by atoms with Crippen LogP contribution in [-0.4, -0.2) is 34.9 Å². The first-order valence-electron chi connectivity index (χ1n) is 10.9. The summed E-state index contributed by atoms with van der Waals surface area (Å²) in [6.07, 6.45) is 0. The smallest absolute Gasteiger partial charge is 0.261 e. The number of rotatable bonds is 7. The van der Waals surface area contributed by atoms with Gasteiger partial charge in [0.1, 0.15) is 11.8 Å². The highest BCUT2D eigenvalue weighted by molar-refractivity contribution is 5.90. The van der Waals surface area contributed by atoms with Gasteiger partial charge in [0.25, 0.3) is 5.91 Å². The number of nitrogens with zero attached hydrogens (tertiary/aromatic N) is 1. The Morgan fingerprint density at radius 2 is 1.62 bits per heavy atom. The Kier molecular flexibility index (Phi) is 7.18. The summed E-state index contributed by atoms with van der Waals surface area (Å²) in [7, 11) is 0. The first-order chi connectivity index (χ1) is 15.2. The van der Waals surface area contributed by atoms with E-state index in [1.807, 2.05) is 94.4 Å². The van der Waals surface area contributed by atoms with E-state index in [1.165, 1.54) is 0 Å². The lowest BCUT2D eigenvalue weighted by Crippen LogP contribution is -2.53. The van der Waals surface area contributed by atoms with E-state index in [0.29, 0.717) is 12.3 Å². The fraction of sp³-hybridized carbons (Fsp3) is 0.333. The molecule has 3 aromatic rings. The van der Waals surface area contributed by atoms with E-state index in [2.05, 4.69) is 5.32 Å². The number of aryl methyl sites for hydroxylation is 1. The van der Waals surface area contributed by atoms with Crippen molar-refractivity contribution in [3.8, 4) is 5.75 Å². The number of ether oxygens (including phenoxy) is 1. The molecule has 168 valence electrons. The Balaban J connectivity index is 1.82. The molecule has 0 aromatic heterocycles. The molecule has 3 aromatic carbocycles. The van der Waals surface area contributed by atoms with Crippen molar-refractivity contribution < 1.29 is 14.3 Å². The van der Waals surface area contributed by atoms with Crippen LogP contribution in [0.2, 0.25) is 0 Å². The average molecular weight is 433 g/mol. The number of hydrogen-bond donors (Lipinski definition) is 1. The molecule has 0 bridgehead atoms. The minimum atomic E-state index is -0.641. The zero-order chi connectivity index (χ0) is 23.3. The fourth-order valence-electron chi connectivity index (χ4n) is 3.57. The molecule has 0 aliphatic rings. The minimum absolute atomic E-state index is 0.146. The van der Waals surface area contributed by atoms with Gasteiger partial charge in [0, 0.05) is 17.5 Å². The van der Waals surface area contributed by atoms with Crippen molar-refractivity contribution in [3.05, 3.63) is 77.9 Å². The van der Waals surface area contributed by atoms with Crippen LogP contribution in [0, 0.1) is 6.92 Å². The Morgan fingerprint density at radius 3 is 2.34 bits per heavy atom. The molecule has 0 aliphatic heterocycles. The maximum absolute atomic E-state index is 13.3. The van der Waals surface area contributed by atoms with E-state index in [9.17, 15) is 9.59 Å². The van der Waals surface area contributed by atoms with Crippen molar-refractivity contribution in [2.45, 2.75) is 52.7 Å². The van der Waals surface area contributed by atoms with Crippen LogP contribution in [0.1, 0.15) is 38.8 Å². The lowest BCUT2D eigenvalue weighted by atomic mass is 10.1. The van der Waals surface area contributed by atoms with Gasteiger partial charge in [-0.3, -0.25) is 9.59 Å². The van der Waals surface area contributed by atoms with E-state index in [4.69, 9.17) is 4.74 Å². The van der Waals surface area contributed by atoms with Crippen LogP contribution >= 0.6 is 0 Å². The predicted octanol–water partition coefficient (Wildman–Crippen LogP) is 4.86. The van der Waals surface area contributed by atoms with Crippen molar-refractivity contribution in [2.75, 3.05) is 6.61 Å². The first-order valence-corrected chi connectivity index (χ1v) is 10.9. The summed E-state index contributed by atoms with van der Waals surface area (Å²) in [5.41, 5.74) is 1.69. The van der Waals surface area contributed by atoms with Crippen LogP contribution in [0.3, 0.4) is 0 Å². The summed E-state index contributed by atoms with van der Waals surface area (Å²) in [6.45, 7) is 9.73. The summed E-state index contributed by atoms with van der Waals surface area (Å²) in [4.78, 5) is 27.8. The molecule has 32 heavy (non-hydrogen) atoms. The number of hydrogen-bond acceptors (Lipinski definition) is 3. The molecular weight excluding hydrogens is 400 g/mol. The van der Waals surface area contributed by atoms with Crippen molar-refractivity contribution in [3.63, 3.8) is 0 Å². The summed E-state index contributed by atoms with van der Waals surface area (Å²) in [5.74, 6) is 0.224. The molecule has 0 saturated carbocycles. The highest BCUT2D eigenvalue weighted by Crippen LogP contribution is 2.25. The zero-order valence-corrected chi connectivity index (χ0v) is 19.5. The number of benzene rings is 3. The second-order valence-corrected chi connectivity index (χ2v) is 9.13. The van der Waals surface area contributed by atoms with E-state index >= 15 is 0 Å². The van der Waals surface area contributed by atoms with Crippen LogP contribution in [0.15, 0.2) is 66.7 Å². The third kappa shape index (κ3) is 5.88. The van der Waals surface area contributed by atoms with Gasteiger partial charge in [-0.15, -0.1) is 0 Å². The van der Waals surface area contributed by atoms with Gasteiger partial charge in [-0.05, 0) is 57.2 Å². The van der Waals surface area contributed by atoms with Crippen molar-refractivity contribution in [1.29, 1.82) is 0 Å². The molecule has 3 rings (SSSR count). The molecule has 5 nitrogen and oxygen atoms in total. The van der Waals surface area contributed by atoms with Crippen molar-refractivity contribution >= 4 is 22.6 Å². The van der Waals surface area contributed by atoms with E-state index < -0.39 is 6.04 Å². The lowest BCUT2D eigenvalue weighted by Gasteiger charge is -2.31. The third-order valence-electron chi connectivity index (χ3n) is 5.37. The van der Waals surface area contributed by atoms with Gasteiger partial charge in [0.2, 0.25) is 5.91 Å². The molecule has 0 fully saturated rings. The molecule has 0 unspecified atom stereocenters. The van der Waals surface area contributed by atoms with Crippen LogP contribution in [0.5, 0.6) is 5.75 Å². The lowest BCUT2D eigenvalue weighted by molar-refractivity contribution is -0.142. The van der Waals surface area contributed by atoms with Gasteiger partial charge >= 0.3 is 0 Å². The third-order valence-corrected chi connectivity index (χ3v) is 5.37. The molecule has 2 amide bonds. The molecule has 0 aliphatic carbocycles. The first kappa shape index (κ1) is 23.3. The molecule has 5 heteroatoms.